The van der Waals surface area contributed by atoms with Crippen molar-refractivity contribution in [1.82, 2.24) is 9.80 Å². The highest BCUT2D eigenvalue weighted by atomic mass is 19.4. The molecule has 1 aromatic carbocycles. The minimum Gasteiger partial charge on any atom is -0.466 e. The Morgan fingerprint density at radius 1 is 0.969 bits per heavy atom. The first-order chi connectivity index (χ1) is 15.1. The van der Waals surface area contributed by atoms with Crippen molar-refractivity contribution in [2.24, 2.45) is 11.8 Å². The third-order valence-corrected chi connectivity index (χ3v) is 6.08. The van der Waals surface area contributed by atoms with E-state index in [9.17, 15) is 31.9 Å². The molecule has 176 valence electrons. The molecule has 0 saturated carbocycles. The molecule has 2 saturated heterocycles. The molecule has 0 aromatic heterocycles. The van der Waals surface area contributed by atoms with Crippen LogP contribution in [0, 0.1) is 17.7 Å². The van der Waals surface area contributed by atoms with Crippen LogP contribution in [-0.2, 0) is 20.5 Å². The number of carbonyl (C=O) groups excluding carboxylic acids is 3. The van der Waals surface area contributed by atoms with Crippen molar-refractivity contribution in [2.75, 3.05) is 32.8 Å². The van der Waals surface area contributed by atoms with E-state index in [1.54, 1.807) is 11.8 Å². The standard InChI is InChI=1S/C22H26F4N2O4/c1-2-32-21(31)15-7-11-27(12-8-15)19(29)14-5-9-28(10-6-14)20(30)17-13-16(22(24,25)26)3-4-18(17)23/h3-4,13-15H,2,5-12H2,1H3. The van der Waals surface area contributed by atoms with E-state index in [0.29, 0.717) is 63.6 Å². The average Bonchev–Trinajstić information content (AvgIpc) is 2.78. The molecule has 0 atom stereocenters. The van der Waals surface area contributed by atoms with Crippen LogP contribution in [0.2, 0.25) is 0 Å². The van der Waals surface area contributed by atoms with Crippen molar-refractivity contribution in [2.45, 2.75) is 38.8 Å². The summed E-state index contributed by atoms with van der Waals surface area (Å²) in [5.74, 6) is -2.64. The summed E-state index contributed by atoms with van der Waals surface area (Å²) >= 11 is 0. The zero-order valence-electron chi connectivity index (χ0n) is 17.8. The molecule has 0 aliphatic carbocycles. The highest BCUT2D eigenvalue weighted by Crippen LogP contribution is 2.31. The third kappa shape index (κ3) is 5.39. The first kappa shape index (κ1) is 24.0. The fourth-order valence-electron chi connectivity index (χ4n) is 4.22. The molecule has 0 N–H and O–H groups in total. The van der Waals surface area contributed by atoms with Gasteiger partial charge in [-0.25, -0.2) is 4.39 Å². The van der Waals surface area contributed by atoms with E-state index < -0.39 is 29.0 Å². The van der Waals surface area contributed by atoms with Crippen molar-refractivity contribution in [1.29, 1.82) is 0 Å². The Labute approximate surface area is 183 Å². The Morgan fingerprint density at radius 2 is 1.53 bits per heavy atom. The van der Waals surface area contributed by atoms with Gasteiger partial charge in [0.1, 0.15) is 5.82 Å². The Hall–Kier alpha value is -2.65. The molecule has 2 aliphatic rings. The summed E-state index contributed by atoms with van der Waals surface area (Å²) in [4.78, 5) is 40.3. The maximum absolute atomic E-state index is 14.0. The lowest BCUT2D eigenvalue weighted by atomic mass is 9.91. The fourth-order valence-corrected chi connectivity index (χ4v) is 4.22. The van der Waals surface area contributed by atoms with Crippen LogP contribution in [0.5, 0.6) is 0 Å². The second kappa shape index (κ2) is 9.87. The van der Waals surface area contributed by atoms with Crippen molar-refractivity contribution in [3.8, 4) is 0 Å². The molecule has 2 aliphatic heterocycles. The molecule has 6 nitrogen and oxygen atoms in total. The summed E-state index contributed by atoms with van der Waals surface area (Å²) in [5, 5.41) is 0. The summed E-state index contributed by atoms with van der Waals surface area (Å²) in [6.07, 6.45) is -2.90. The summed E-state index contributed by atoms with van der Waals surface area (Å²) in [6.45, 7) is 3.29. The number of hydrogen-bond acceptors (Lipinski definition) is 4. The maximum atomic E-state index is 14.0. The Balaban J connectivity index is 1.55. The second-order valence-corrected chi connectivity index (χ2v) is 8.11. The van der Waals surface area contributed by atoms with E-state index in [1.807, 2.05) is 0 Å². The lowest BCUT2D eigenvalue weighted by molar-refractivity contribution is -0.152. The van der Waals surface area contributed by atoms with Gasteiger partial charge in [-0.1, -0.05) is 0 Å². The summed E-state index contributed by atoms with van der Waals surface area (Å²) < 4.78 is 57.8. The van der Waals surface area contributed by atoms with Crippen LogP contribution in [0.4, 0.5) is 17.6 Å². The lowest BCUT2D eigenvalue weighted by Gasteiger charge is -2.37. The smallest absolute Gasteiger partial charge is 0.416 e. The van der Waals surface area contributed by atoms with Gasteiger partial charge in [0.05, 0.1) is 23.7 Å². The second-order valence-electron chi connectivity index (χ2n) is 8.11. The number of nitrogens with zero attached hydrogens (tertiary/aromatic N) is 2. The monoisotopic (exact) mass is 458 g/mol. The first-order valence-electron chi connectivity index (χ1n) is 10.7. The molecule has 32 heavy (non-hydrogen) atoms. The summed E-state index contributed by atoms with van der Waals surface area (Å²) in [6, 6.07) is 1.77. The molecule has 0 unspecified atom stereocenters. The van der Waals surface area contributed by atoms with Crippen LogP contribution in [0.25, 0.3) is 0 Å². The molecular formula is C22H26F4N2O4. The van der Waals surface area contributed by atoms with Gasteiger partial charge in [0.25, 0.3) is 5.91 Å². The van der Waals surface area contributed by atoms with Gasteiger partial charge < -0.3 is 14.5 Å². The maximum Gasteiger partial charge on any atom is 0.416 e. The van der Waals surface area contributed by atoms with Gasteiger partial charge in [0.2, 0.25) is 5.91 Å². The van der Waals surface area contributed by atoms with E-state index in [0.717, 1.165) is 0 Å². The van der Waals surface area contributed by atoms with Crippen LogP contribution in [0.15, 0.2) is 18.2 Å². The fraction of sp³-hybridized carbons (Fsp3) is 0.591. The molecule has 0 bridgehead atoms. The Bertz CT molecular complexity index is 858. The van der Waals surface area contributed by atoms with Gasteiger partial charge >= 0.3 is 12.1 Å². The zero-order chi connectivity index (χ0) is 23.5. The predicted octanol–water partition coefficient (Wildman–Crippen LogP) is 3.50. The number of piperidine rings is 2. The van der Waals surface area contributed by atoms with Crippen LogP contribution < -0.4 is 0 Å². The minimum absolute atomic E-state index is 0.0512. The molecule has 2 fully saturated rings. The number of amides is 2. The van der Waals surface area contributed by atoms with Crippen LogP contribution >= 0.6 is 0 Å². The van der Waals surface area contributed by atoms with Crippen molar-refractivity contribution in [3.05, 3.63) is 35.1 Å². The minimum atomic E-state index is -4.68. The Kier molecular flexibility index (Phi) is 7.40. The molecule has 0 radical (unpaired) electrons. The van der Waals surface area contributed by atoms with Gasteiger partial charge in [0.15, 0.2) is 0 Å². The van der Waals surface area contributed by atoms with Crippen LogP contribution in [0.3, 0.4) is 0 Å². The molecule has 3 rings (SSSR count). The van der Waals surface area contributed by atoms with E-state index in [-0.39, 0.29) is 36.8 Å². The normalized spacial score (nSPS) is 18.5. The third-order valence-electron chi connectivity index (χ3n) is 6.08. The quantitative estimate of drug-likeness (QED) is 0.512. The highest BCUT2D eigenvalue weighted by molar-refractivity contribution is 5.95. The van der Waals surface area contributed by atoms with E-state index in [1.165, 1.54) is 4.90 Å². The highest BCUT2D eigenvalue weighted by Gasteiger charge is 2.36. The molecule has 10 heteroatoms. The summed E-state index contributed by atoms with van der Waals surface area (Å²) in [7, 11) is 0. The SMILES string of the molecule is CCOC(=O)C1CCN(C(=O)C2CCN(C(=O)c3cc(C(F)(F)F)ccc3F)CC2)CC1. The molecule has 2 heterocycles. The Morgan fingerprint density at radius 3 is 2.09 bits per heavy atom. The average molecular weight is 458 g/mol. The number of carbonyl (C=O) groups is 3. The van der Waals surface area contributed by atoms with E-state index >= 15 is 0 Å². The molecule has 1 aromatic rings. The topological polar surface area (TPSA) is 66.9 Å². The zero-order valence-corrected chi connectivity index (χ0v) is 17.8. The van der Waals surface area contributed by atoms with Gasteiger partial charge in [-0.15, -0.1) is 0 Å². The first-order valence-corrected chi connectivity index (χ1v) is 10.7. The van der Waals surface area contributed by atoms with Crippen molar-refractivity contribution >= 4 is 17.8 Å². The number of hydrogen-bond donors (Lipinski definition) is 0. The van der Waals surface area contributed by atoms with Gasteiger partial charge in [-0.2, -0.15) is 13.2 Å². The van der Waals surface area contributed by atoms with E-state index in [2.05, 4.69) is 0 Å². The van der Waals surface area contributed by atoms with E-state index in [4.69, 9.17) is 4.74 Å². The van der Waals surface area contributed by atoms with Crippen molar-refractivity contribution in [3.63, 3.8) is 0 Å². The lowest BCUT2D eigenvalue weighted by Crippen LogP contribution is -2.47. The van der Waals surface area contributed by atoms with Crippen molar-refractivity contribution < 1.29 is 36.7 Å². The van der Waals surface area contributed by atoms with Crippen LogP contribution in [-0.4, -0.2) is 60.4 Å². The largest absolute Gasteiger partial charge is 0.466 e. The number of esters is 1. The summed E-state index contributed by atoms with van der Waals surface area (Å²) in [5.41, 5.74) is -1.70. The van der Waals surface area contributed by atoms with Gasteiger partial charge in [0, 0.05) is 32.1 Å². The van der Waals surface area contributed by atoms with Gasteiger partial charge in [-0.3, -0.25) is 14.4 Å². The number of benzene rings is 1. The number of alkyl halides is 3. The van der Waals surface area contributed by atoms with Gasteiger partial charge in [-0.05, 0) is 50.8 Å². The number of halogens is 4. The number of likely N-dealkylation sites (tertiary alicyclic amines) is 2. The number of ether oxygens (including phenoxy) is 1. The molecule has 0 spiro atoms. The molecule has 2 amide bonds. The van der Waals surface area contributed by atoms with Crippen LogP contribution in [0.1, 0.15) is 48.5 Å². The number of rotatable bonds is 4. The predicted molar refractivity (Wildman–Crippen MR) is 106 cm³/mol. The molecular weight excluding hydrogens is 432 g/mol.